The van der Waals surface area contributed by atoms with E-state index in [4.69, 9.17) is 0 Å². The van der Waals surface area contributed by atoms with E-state index in [0.29, 0.717) is 0 Å². The van der Waals surface area contributed by atoms with Gasteiger partial charge in [0, 0.05) is 58.2 Å². The molecule has 0 saturated heterocycles. The first-order valence-electron chi connectivity index (χ1n) is 9.44. The second kappa shape index (κ2) is 8.26. The molecular weight excluding hydrogens is 720 g/mol. The Morgan fingerprint density at radius 3 is 1.41 bits per heavy atom. The predicted octanol–water partition coefficient (Wildman–Crippen LogP) is 10.6. The molecule has 0 amide bonds. The molecule has 0 N–H and O–H groups in total. The Balaban J connectivity index is 1.74. The second-order valence-electron chi connectivity index (χ2n) is 7.25. The summed E-state index contributed by atoms with van der Waals surface area (Å²) in [6, 6.07) is 20.8. The number of halogens is 4. The quantitative estimate of drug-likeness (QED) is 0.173. The average molecular weight is 730 g/mol. The van der Waals surface area contributed by atoms with Crippen LogP contribution in [0, 0.1) is 0 Å². The van der Waals surface area contributed by atoms with Crippen molar-refractivity contribution in [2.75, 3.05) is 0 Å². The Hall–Kier alpha value is -0.610. The molecule has 8 heteroatoms. The van der Waals surface area contributed by atoms with E-state index in [2.05, 4.69) is 112 Å². The van der Waals surface area contributed by atoms with Crippen molar-refractivity contribution in [2.45, 2.75) is 9.79 Å². The molecule has 0 saturated carbocycles. The van der Waals surface area contributed by atoms with Crippen LogP contribution >= 0.6 is 86.4 Å². The standard InChI is InChI=1S/C24H10Br4OS3/c25-11-1-5-17-13(9-11)21-19(30-17)7-3-15(27)23(21)32(29)24-16(28)4-8-20-22(24)14-10-12(26)2-6-18(14)31-20/h1-10H. The minimum Gasteiger partial charge on any atom is -0.249 e. The lowest BCUT2D eigenvalue weighted by atomic mass is 10.1. The van der Waals surface area contributed by atoms with Gasteiger partial charge in [-0.3, -0.25) is 0 Å². The third-order valence-corrected chi connectivity index (χ3v) is 12.1. The van der Waals surface area contributed by atoms with E-state index in [1.54, 1.807) is 22.7 Å². The Morgan fingerprint density at radius 1 is 0.562 bits per heavy atom. The first-order chi connectivity index (χ1) is 15.4. The van der Waals surface area contributed by atoms with E-state index >= 15 is 0 Å². The van der Waals surface area contributed by atoms with Gasteiger partial charge in [-0.1, -0.05) is 31.9 Å². The fourth-order valence-electron chi connectivity index (χ4n) is 4.03. The highest BCUT2D eigenvalue weighted by molar-refractivity contribution is 9.11. The maximum atomic E-state index is 14.4. The second-order valence-corrected chi connectivity index (χ2v) is 14.3. The largest absolute Gasteiger partial charge is 0.249 e. The molecule has 0 aliphatic rings. The van der Waals surface area contributed by atoms with Crippen molar-refractivity contribution in [3.05, 3.63) is 78.6 Å². The van der Waals surface area contributed by atoms with Crippen molar-refractivity contribution in [3.8, 4) is 0 Å². The molecule has 0 bridgehead atoms. The van der Waals surface area contributed by atoms with Crippen molar-refractivity contribution in [1.29, 1.82) is 0 Å². The van der Waals surface area contributed by atoms with Crippen LogP contribution in [-0.4, -0.2) is 4.21 Å². The molecule has 0 atom stereocenters. The number of fused-ring (bicyclic) bond motifs is 6. The summed E-state index contributed by atoms with van der Waals surface area (Å²) in [5.74, 6) is 0. The zero-order valence-corrected chi connectivity index (χ0v) is 24.7. The maximum Gasteiger partial charge on any atom is 0.0886 e. The molecule has 0 aliphatic carbocycles. The van der Waals surface area contributed by atoms with Gasteiger partial charge < -0.3 is 0 Å². The molecular formula is C24H10Br4OS3. The molecule has 32 heavy (non-hydrogen) atoms. The summed E-state index contributed by atoms with van der Waals surface area (Å²) in [6.07, 6.45) is 0. The van der Waals surface area contributed by atoms with Gasteiger partial charge in [-0.25, -0.2) is 4.21 Å². The molecule has 6 rings (SSSR count). The summed E-state index contributed by atoms with van der Waals surface area (Å²) in [4.78, 5) is 1.63. The zero-order chi connectivity index (χ0) is 22.1. The smallest absolute Gasteiger partial charge is 0.0886 e. The van der Waals surface area contributed by atoms with Gasteiger partial charge in [0.25, 0.3) is 0 Å². The Kier molecular flexibility index (Phi) is 5.65. The zero-order valence-electron chi connectivity index (χ0n) is 15.9. The molecule has 6 aromatic rings. The van der Waals surface area contributed by atoms with Crippen molar-refractivity contribution in [2.24, 2.45) is 0 Å². The molecule has 2 aromatic heterocycles. The van der Waals surface area contributed by atoms with E-state index < -0.39 is 10.8 Å². The SMILES string of the molecule is O=S(c1c(Br)ccc2sc3ccc(Br)cc3c12)c1c(Br)ccc2sc3ccc(Br)cc3c12. The number of rotatable bonds is 2. The minimum atomic E-state index is -1.41. The summed E-state index contributed by atoms with van der Waals surface area (Å²) < 4.78 is 22.8. The van der Waals surface area contributed by atoms with Gasteiger partial charge in [0.2, 0.25) is 0 Å². The lowest BCUT2D eigenvalue weighted by molar-refractivity contribution is 0.684. The molecule has 2 heterocycles. The first-order valence-corrected chi connectivity index (χ1v) is 15.4. The van der Waals surface area contributed by atoms with Crippen LogP contribution in [0.1, 0.15) is 0 Å². The normalized spacial score (nSPS) is 12.2. The van der Waals surface area contributed by atoms with Gasteiger partial charge in [-0.2, -0.15) is 0 Å². The molecule has 0 spiro atoms. The average Bonchev–Trinajstić information content (AvgIpc) is 3.31. The van der Waals surface area contributed by atoms with Gasteiger partial charge in [-0.05, 0) is 92.5 Å². The molecule has 0 radical (unpaired) electrons. The molecule has 1 nitrogen and oxygen atoms in total. The van der Waals surface area contributed by atoms with E-state index in [9.17, 15) is 4.21 Å². The molecule has 0 aliphatic heterocycles. The van der Waals surface area contributed by atoms with Crippen molar-refractivity contribution in [1.82, 2.24) is 0 Å². The molecule has 4 aromatic carbocycles. The monoisotopic (exact) mass is 726 g/mol. The van der Waals surface area contributed by atoms with Crippen LogP contribution in [0.15, 0.2) is 88.3 Å². The summed E-state index contributed by atoms with van der Waals surface area (Å²) in [5, 5.41) is 4.32. The summed E-state index contributed by atoms with van der Waals surface area (Å²) in [5.41, 5.74) is 0. The predicted molar refractivity (Wildman–Crippen MR) is 154 cm³/mol. The van der Waals surface area contributed by atoms with Crippen LogP contribution < -0.4 is 0 Å². The summed E-state index contributed by atoms with van der Waals surface area (Å²) in [7, 11) is -1.41. The van der Waals surface area contributed by atoms with Gasteiger partial charge in [-0.15, -0.1) is 22.7 Å². The minimum absolute atomic E-state index is 0.814. The first kappa shape index (κ1) is 21.9. The van der Waals surface area contributed by atoms with E-state index in [1.807, 2.05) is 12.1 Å². The van der Waals surface area contributed by atoms with Gasteiger partial charge in [0.1, 0.15) is 0 Å². The number of hydrogen-bond acceptors (Lipinski definition) is 3. The third kappa shape index (κ3) is 3.41. The lowest BCUT2D eigenvalue weighted by Crippen LogP contribution is -1.97. The van der Waals surface area contributed by atoms with Crippen LogP contribution in [0.25, 0.3) is 40.3 Å². The van der Waals surface area contributed by atoms with E-state index in [0.717, 1.165) is 58.6 Å². The lowest BCUT2D eigenvalue weighted by Gasteiger charge is -2.11. The molecule has 158 valence electrons. The van der Waals surface area contributed by atoms with Gasteiger partial charge in [0.05, 0.1) is 20.6 Å². The molecule has 0 fully saturated rings. The Labute approximate surface area is 227 Å². The van der Waals surface area contributed by atoms with Crippen molar-refractivity contribution < 1.29 is 4.21 Å². The van der Waals surface area contributed by atoms with Crippen molar-refractivity contribution >= 4 is 138 Å². The van der Waals surface area contributed by atoms with Crippen molar-refractivity contribution in [3.63, 3.8) is 0 Å². The Bertz CT molecular complexity index is 1620. The summed E-state index contributed by atoms with van der Waals surface area (Å²) >= 11 is 18.1. The highest BCUT2D eigenvalue weighted by Gasteiger charge is 2.24. The fourth-order valence-corrected chi connectivity index (χ4v) is 10.1. The van der Waals surface area contributed by atoms with Gasteiger partial charge in [0.15, 0.2) is 0 Å². The highest BCUT2D eigenvalue weighted by Crippen LogP contribution is 2.46. The number of thiophene rings is 2. The van der Waals surface area contributed by atoms with Crippen LogP contribution in [0.2, 0.25) is 0 Å². The fraction of sp³-hybridized carbons (Fsp3) is 0. The third-order valence-electron chi connectivity index (χ3n) is 5.38. The topological polar surface area (TPSA) is 17.1 Å². The summed E-state index contributed by atoms with van der Waals surface area (Å²) in [6.45, 7) is 0. The van der Waals surface area contributed by atoms with E-state index in [1.165, 1.54) is 9.40 Å². The highest BCUT2D eigenvalue weighted by atomic mass is 79.9. The maximum absolute atomic E-state index is 14.4. The van der Waals surface area contributed by atoms with E-state index in [-0.39, 0.29) is 0 Å². The number of hydrogen-bond donors (Lipinski definition) is 0. The van der Waals surface area contributed by atoms with Crippen LogP contribution in [-0.2, 0) is 10.8 Å². The molecule has 0 unspecified atom stereocenters. The van der Waals surface area contributed by atoms with Crippen LogP contribution in [0.5, 0.6) is 0 Å². The Morgan fingerprint density at radius 2 is 0.969 bits per heavy atom. The van der Waals surface area contributed by atoms with Crippen LogP contribution in [0.4, 0.5) is 0 Å². The van der Waals surface area contributed by atoms with Gasteiger partial charge >= 0.3 is 0 Å². The number of benzene rings is 4. The van der Waals surface area contributed by atoms with Crippen LogP contribution in [0.3, 0.4) is 0 Å².